The number of carbonyl (C=O) groups excluding carboxylic acids is 2. The van der Waals surface area contributed by atoms with Crippen LogP contribution in [0.4, 0.5) is 11.4 Å². The monoisotopic (exact) mass is 330 g/mol. The summed E-state index contributed by atoms with van der Waals surface area (Å²) in [7, 11) is 0. The topological polar surface area (TPSA) is 87.7 Å². The zero-order valence-corrected chi connectivity index (χ0v) is 14.0. The van der Waals surface area contributed by atoms with Gasteiger partial charge in [-0.15, -0.1) is 0 Å². The highest BCUT2D eigenvalue weighted by atomic mass is 16.5. The average molecular weight is 330 g/mol. The molecule has 0 fully saturated rings. The van der Waals surface area contributed by atoms with Crippen molar-refractivity contribution < 1.29 is 19.4 Å². The van der Waals surface area contributed by atoms with Crippen LogP contribution in [0.3, 0.4) is 0 Å². The summed E-state index contributed by atoms with van der Waals surface area (Å²) in [6.07, 6.45) is 0. The first-order valence-corrected chi connectivity index (χ1v) is 7.47. The molecule has 6 heteroatoms. The maximum absolute atomic E-state index is 10.7. The van der Waals surface area contributed by atoms with Gasteiger partial charge in [0.25, 0.3) is 0 Å². The van der Waals surface area contributed by atoms with Gasteiger partial charge in [0.1, 0.15) is 11.5 Å². The summed E-state index contributed by atoms with van der Waals surface area (Å²) in [6.45, 7) is 5.50. The number of anilines is 2. The maximum Gasteiger partial charge on any atom is 0.221 e. The van der Waals surface area contributed by atoms with Crippen molar-refractivity contribution in [1.82, 2.24) is 0 Å². The lowest BCUT2D eigenvalue weighted by molar-refractivity contribution is -0.115. The van der Waals surface area contributed by atoms with Gasteiger partial charge in [-0.25, -0.2) is 0 Å². The molecule has 0 atom stereocenters. The van der Waals surface area contributed by atoms with Crippen LogP contribution in [-0.4, -0.2) is 23.5 Å². The first-order valence-electron chi connectivity index (χ1n) is 7.47. The summed E-state index contributed by atoms with van der Waals surface area (Å²) in [5, 5.41) is 14.1. The van der Waals surface area contributed by atoms with Crippen LogP contribution < -0.4 is 15.4 Å². The SMILES string of the molecule is CC(=O)Nc1ccc(O)cc1.CCOc1ccc(NC(C)=O)cc1. The van der Waals surface area contributed by atoms with Crippen molar-refractivity contribution in [1.29, 1.82) is 0 Å². The zero-order valence-electron chi connectivity index (χ0n) is 14.0. The number of rotatable bonds is 4. The number of hydrogen-bond donors (Lipinski definition) is 3. The van der Waals surface area contributed by atoms with Crippen molar-refractivity contribution in [3.63, 3.8) is 0 Å². The van der Waals surface area contributed by atoms with Gasteiger partial charge in [-0.05, 0) is 55.5 Å². The molecular formula is C18H22N2O4. The third kappa shape index (κ3) is 7.84. The molecule has 0 bridgehead atoms. The van der Waals surface area contributed by atoms with Gasteiger partial charge >= 0.3 is 0 Å². The summed E-state index contributed by atoms with van der Waals surface area (Å²) in [5.41, 5.74) is 1.48. The van der Waals surface area contributed by atoms with Crippen LogP contribution in [0, 0.1) is 0 Å². The number of phenolic OH excluding ortho intramolecular Hbond substituents is 1. The molecule has 2 amide bonds. The summed E-state index contributed by atoms with van der Waals surface area (Å²) in [5.74, 6) is 0.829. The van der Waals surface area contributed by atoms with Gasteiger partial charge in [0.15, 0.2) is 0 Å². The summed E-state index contributed by atoms with van der Waals surface area (Å²) in [4.78, 5) is 21.2. The highest BCUT2D eigenvalue weighted by Gasteiger charge is 1.95. The van der Waals surface area contributed by atoms with E-state index >= 15 is 0 Å². The quantitative estimate of drug-likeness (QED) is 0.750. The molecule has 0 saturated heterocycles. The largest absolute Gasteiger partial charge is 0.508 e. The Labute approximate surface area is 141 Å². The third-order valence-electron chi connectivity index (χ3n) is 2.67. The molecule has 0 radical (unpaired) electrons. The van der Waals surface area contributed by atoms with Crippen LogP contribution >= 0.6 is 0 Å². The van der Waals surface area contributed by atoms with E-state index in [9.17, 15) is 9.59 Å². The molecule has 3 N–H and O–H groups in total. The number of amides is 2. The second-order valence-corrected chi connectivity index (χ2v) is 4.87. The minimum Gasteiger partial charge on any atom is -0.508 e. The minimum atomic E-state index is -0.115. The lowest BCUT2D eigenvalue weighted by Gasteiger charge is -2.04. The second-order valence-electron chi connectivity index (χ2n) is 4.87. The number of phenols is 1. The van der Waals surface area contributed by atoms with Crippen LogP contribution in [-0.2, 0) is 9.59 Å². The van der Waals surface area contributed by atoms with Gasteiger partial charge in [0.2, 0.25) is 11.8 Å². The molecule has 6 nitrogen and oxygen atoms in total. The molecule has 0 aliphatic carbocycles. The fourth-order valence-corrected chi connectivity index (χ4v) is 1.75. The first kappa shape index (κ1) is 19.0. The fourth-order valence-electron chi connectivity index (χ4n) is 1.75. The Bertz CT molecular complexity index is 652. The predicted molar refractivity (Wildman–Crippen MR) is 94.3 cm³/mol. The molecule has 0 aromatic heterocycles. The molecule has 0 aliphatic heterocycles. The number of benzene rings is 2. The van der Waals surface area contributed by atoms with E-state index in [1.54, 1.807) is 12.1 Å². The van der Waals surface area contributed by atoms with Crippen molar-refractivity contribution in [2.45, 2.75) is 20.8 Å². The molecule has 2 aromatic carbocycles. The van der Waals surface area contributed by atoms with Gasteiger partial charge in [-0.3, -0.25) is 9.59 Å². The highest BCUT2D eigenvalue weighted by Crippen LogP contribution is 2.15. The Morgan fingerprint density at radius 2 is 1.29 bits per heavy atom. The Balaban J connectivity index is 0.000000243. The Morgan fingerprint density at radius 1 is 0.875 bits per heavy atom. The summed E-state index contributed by atoms with van der Waals surface area (Å²) < 4.78 is 5.25. The van der Waals surface area contributed by atoms with Crippen molar-refractivity contribution in [3.05, 3.63) is 48.5 Å². The smallest absolute Gasteiger partial charge is 0.221 e. The average Bonchev–Trinajstić information content (AvgIpc) is 2.52. The van der Waals surface area contributed by atoms with Crippen LogP contribution in [0.5, 0.6) is 11.5 Å². The predicted octanol–water partition coefficient (Wildman–Crippen LogP) is 3.39. The first-order chi connectivity index (χ1) is 11.4. The minimum absolute atomic E-state index is 0.0656. The van der Waals surface area contributed by atoms with Crippen LogP contribution in [0.2, 0.25) is 0 Å². The van der Waals surface area contributed by atoms with Crippen molar-refractivity contribution in [2.24, 2.45) is 0 Å². The van der Waals surface area contributed by atoms with E-state index in [0.717, 1.165) is 11.4 Å². The molecular weight excluding hydrogens is 308 g/mol. The van der Waals surface area contributed by atoms with Gasteiger partial charge < -0.3 is 20.5 Å². The summed E-state index contributed by atoms with van der Waals surface area (Å²) in [6, 6.07) is 13.6. The Morgan fingerprint density at radius 3 is 1.67 bits per heavy atom. The maximum atomic E-state index is 10.7. The van der Waals surface area contributed by atoms with E-state index in [4.69, 9.17) is 9.84 Å². The Kier molecular flexibility index (Phi) is 7.84. The number of hydrogen-bond acceptors (Lipinski definition) is 4. The molecule has 0 spiro atoms. The molecule has 2 aromatic rings. The van der Waals surface area contributed by atoms with E-state index in [2.05, 4.69) is 10.6 Å². The van der Waals surface area contributed by atoms with Crippen molar-refractivity contribution >= 4 is 23.2 Å². The number of nitrogens with one attached hydrogen (secondary N) is 2. The molecule has 0 heterocycles. The van der Waals surface area contributed by atoms with E-state index in [-0.39, 0.29) is 17.6 Å². The molecule has 0 unspecified atom stereocenters. The molecule has 2 rings (SSSR count). The van der Waals surface area contributed by atoms with Gasteiger partial charge in [0.05, 0.1) is 6.61 Å². The van der Waals surface area contributed by atoms with Crippen LogP contribution in [0.25, 0.3) is 0 Å². The third-order valence-corrected chi connectivity index (χ3v) is 2.67. The fraction of sp³-hybridized carbons (Fsp3) is 0.222. The van der Waals surface area contributed by atoms with E-state index < -0.39 is 0 Å². The van der Waals surface area contributed by atoms with E-state index in [1.165, 1.54) is 26.0 Å². The van der Waals surface area contributed by atoms with Crippen molar-refractivity contribution in [3.8, 4) is 11.5 Å². The molecule has 128 valence electrons. The molecule has 0 aliphatic rings. The van der Waals surface area contributed by atoms with Gasteiger partial charge in [0, 0.05) is 25.2 Å². The van der Waals surface area contributed by atoms with Crippen LogP contribution in [0.1, 0.15) is 20.8 Å². The van der Waals surface area contributed by atoms with Gasteiger partial charge in [-0.2, -0.15) is 0 Å². The number of aromatic hydroxyl groups is 1. The highest BCUT2D eigenvalue weighted by molar-refractivity contribution is 5.89. The lowest BCUT2D eigenvalue weighted by Crippen LogP contribution is -2.05. The normalized spacial score (nSPS) is 9.29. The van der Waals surface area contributed by atoms with E-state index in [0.29, 0.717) is 12.3 Å². The Hall–Kier alpha value is -3.02. The number of carbonyl (C=O) groups is 2. The number of ether oxygens (including phenoxy) is 1. The standard InChI is InChI=1S/C10H13NO2.C8H9NO2/c1-3-13-10-6-4-9(5-7-10)11-8(2)12;1-6(10)9-7-2-4-8(11)5-3-7/h4-7H,3H2,1-2H3,(H,11,12);2-5,11H,1H3,(H,9,10). The van der Waals surface area contributed by atoms with E-state index in [1.807, 2.05) is 31.2 Å². The molecule has 24 heavy (non-hydrogen) atoms. The second kappa shape index (κ2) is 9.89. The lowest BCUT2D eigenvalue weighted by atomic mass is 10.3. The molecule has 0 saturated carbocycles. The van der Waals surface area contributed by atoms with Crippen LogP contribution in [0.15, 0.2) is 48.5 Å². The summed E-state index contributed by atoms with van der Waals surface area (Å²) >= 11 is 0. The van der Waals surface area contributed by atoms with Crippen molar-refractivity contribution in [2.75, 3.05) is 17.2 Å². The van der Waals surface area contributed by atoms with Gasteiger partial charge in [-0.1, -0.05) is 0 Å². The zero-order chi connectivity index (χ0) is 17.9.